The second kappa shape index (κ2) is 9.58. The summed E-state index contributed by atoms with van der Waals surface area (Å²) in [5.41, 5.74) is 0.734. The van der Waals surface area contributed by atoms with Gasteiger partial charge in [0.25, 0.3) is 0 Å². The number of amides is 2. The first kappa shape index (κ1) is 25.2. The summed E-state index contributed by atoms with van der Waals surface area (Å²) in [6, 6.07) is 14.3. The normalized spacial score (nSPS) is 28.0. The molecule has 4 heterocycles. The van der Waals surface area contributed by atoms with Crippen LogP contribution >= 0.6 is 0 Å². The molecule has 0 aliphatic carbocycles. The summed E-state index contributed by atoms with van der Waals surface area (Å²) in [7, 11) is 0. The van der Waals surface area contributed by atoms with Crippen LogP contribution < -0.4 is 0 Å². The Bertz CT molecular complexity index is 1440. The predicted octanol–water partition coefficient (Wildman–Crippen LogP) is 1.60. The van der Waals surface area contributed by atoms with Crippen molar-refractivity contribution in [1.29, 1.82) is 0 Å². The first-order chi connectivity index (χ1) is 18.9. The lowest BCUT2D eigenvalue weighted by Crippen LogP contribution is -2.57. The Morgan fingerprint density at radius 3 is 2.67 bits per heavy atom. The number of benzene rings is 2. The molecule has 3 aromatic rings. The van der Waals surface area contributed by atoms with E-state index in [1.807, 2.05) is 30.3 Å². The molecular formula is C28H29N5O6. The molecule has 2 bridgehead atoms. The summed E-state index contributed by atoms with van der Waals surface area (Å²) in [6.07, 6.45) is 1.74. The number of carbonyl (C=O) groups is 3. The van der Waals surface area contributed by atoms with Crippen LogP contribution in [0.2, 0.25) is 0 Å². The molecule has 11 heteroatoms. The van der Waals surface area contributed by atoms with Gasteiger partial charge in [0.1, 0.15) is 23.8 Å². The monoisotopic (exact) mass is 531 g/mol. The van der Waals surface area contributed by atoms with E-state index in [0.717, 1.165) is 5.52 Å². The highest BCUT2D eigenvalue weighted by molar-refractivity contribution is 5.98. The highest BCUT2D eigenvalue weighted by atomic mass is 16.5. The molecule has 1 aromatic heterocycles. The first-order valence-corrected chi connectivity index (χ1v) is 13.0. The van der Waals surface area contributed by atoms with Crippen molar-refractivity contribution in [3.05, 3.63) is 72.8 Å². The molecule has 0 saturated carbocycles. The van der Waals surface area contributed by atoms with Gasteiger partial charge in [-0.05, 0) is 30.5 Å². The van der Waals surface area contributed by atoms with Gasteiger partial charge < -0.3 is 24.7 Å². The van der Waals surface area contributed by atoms with Gasteiger partial charge in [-0.3, -0.25) is 14.4 Å². The van der Waals surface area contributed by atoms with Crippen molar-refractivity contribution >= 4 is 28.8 Å². The van der Waals surface area contributed by atoms with Crippen molar-refractivity contribution in [2.24, 2.45) is 11.8 Å². The topological polar surface area (TPSA) is 138 Å². The van der Waals surface area contributed by atoms with E-state index in [1.54, 1.807) is 35.0 Å². The number of fused-ring (bicyclic) bond motifs is 2. The second-order valence-corrected chi connectivity index (χ2v) is 10.3. The van der Waals surface area contributed by atoms with E-state index in [0.29, 0.717) is 23.9 Å². The van der Waals surface area contributed by atoms with Crippen LogP contribution in [0.15, 0.2) is 67.3 Å². The van der Waals surface area contributed by atoms with Gasteiger partial charge in [0.2, 0.25) is 11.8 Å². The third-order valence-corrected chi connectivity index (χ3v) is 8.34. The van der Waals surface area contributed by atoms with Crippen molar-refractivity contribution in [2.75, 3.05) is 13.2 Å². The smallest absolute Gasteiger partial charge is 0.310 e. The number of aliphatic carboxylic acids is 1. The lowest BCUT2D eigenvalue weighted by Gasteiger charge is -2.39. The number of aliphatic hydroxyl groups is 1. The molecule has 0 radical (unpaired) electrons. The Morgan fingerprint density at radius 2 is 1.95 bits per heavy atom. The van der Waals surface area contributed by atoms with E-state index in [1.165, 1.54) is 9.80 Å². The Balaban J connectivity index is 1.44. The number of hydrogen-bond acceptors (Lipinski definition) is 7. The molecular weight excluding hydrogens is 502 g/mol. The molecule has 2 amide bonds. The number of hydrogen-bond donors (Lipinski definition) is 2. The molecule has 2 N–H and O–H groups in total. The van der Waals surface area contributed by atoms with Crippen LogP contribution in [0.4, 0.5) is 0 Å². The van der Waals surface area contributed by atoms with Gasteiger partial charge in [-0.25, -0.2) is 4.68 Å². The zero-order valence-corrected chi connectivity index (χ0v) is 21.2. The number of aromatic nitrogens is 3. The highest BCUT2D eigenvalue weighted by Gasteiger charge is 2.75. The van der Waals surface area contributed by atoms with Crippen molar-refractivity contribution in [3.8, 4) is 0 Å². The van der Waals surface area contributed by atoms with Crippen LogP contribution in [-0.2, 0) is 25.8 Å². The van der Waals surface area contributed by atoms with Crippen molar-refractivity contribution < 1.29 is 29.3 Å². The average Bonchev–Trinajstić information content (AvgIpc) is 3.69. The fourth-order valence-electron chi connectivity index (χ4n) is 6.75. The van der Waals surface area contributed by atoms with Crippen LogP contribution in [0.25, 0.3) is 11.0 Å². The fourth-order valence-corrected chi connectivity index (χ4v) is 6.75. The third kappa shape index (κ3) is 3.75. The van der Waals surface area contributed by atoms with E-state index < -0.39 is 60.0 Å². The highest BCUT2D eigenvalue weighted by Crippen LogP contribution is 2.59. The van der Waals surface area contributed by atoms with Crippen molar-refractivity contribution in [1.82, 2.24) is 24.8 Å². The fraction of sp³-hybridized carbons (Fsp3) is 0.393. The maximum Gasteiger partial charge on any atom is 0.310 e. The van der Waals surface area contributed by atoms with Crippen LogP contribution in [0, 0.1) is 11.8 Å². The minimum atomic E-state index is -1.31. The molecule has 202 valence electrons. The molecule has 11 nitrogen and oxygen atoms in total. The van der Waals surface area contributed by atoms with E-state index in [4.69, 9.17) is 4.74 Å². The minimum absolute atomic E-state index is 0.0333. The summed E-state index contributed by atoms with van der Waals surface area (Å²) >= 11 is 0. The van der Waals surface area contributed by atoms with Crippen LogP contribution in [-0.4, -0.2) is 83.7 Å². The van der Waals surface area contributed by atoms with E-state index in [2.05, 4.69) is 16.9 Å². The van der Waals surface area contributed by atoms with Crippen LogP contribution in [0.3, 0.4) is 0 Å². The number of carbonyl (C=O) groups excluding carboxylic acids is 2. The standard InChI is InChI=1S/C28H29N5O6/c1-2-14-31(16-32-19-11-7-6-10-18(19)29-30-32)26(36)24-28-13-12-21(39-28)22(27(37)38)23(28)25(35)33(24)20(15-34)17-8-4-3-5-9-17/h2-11,20-24,34H,1,12-16H2,(H,37,38)/t20-,21+,22-,23-,24+,28-/m1/s1. The van der Waals surface area contributed by atoms with E-state index >= 15 is 0 Å². The summed E-state index contributed by atoms with van der Waals surface area (Å²) in [5, 5.41) is 29.0. The van der Waals surface area contributed by atoms with Gasteiger partial charge >= 0.3 is 5.97 Å². The van der Waals surface area contributed by atoms with Gasteiger partial charge in [-0.2, -0.15) is 0 Å². The Hall–Kier alpha value is -4.09. The molecule has 3 aliphatic heterocycles. The summed E-state index contributed by atoms with van der Waals surface area (Å²) < 4.78 is 7.92. The zero-order chi connectivity index (χ0) is 27.3. The molecule has 2 aromatic carbocycles. The number of ether oxygens (including phenoxy) is 1. The summed E-state index contributed by atoms with van der Waals surface area (Å²) in [6.45, 7) is 3.55. The summed E-state index contributed by atoms with van der Waals surface area (Å²) in [5.74, 6) is -4.13. The van der Waals surface area contributed by atoms with Crippen LogP contribution in [0.1, 0.15) is 24.4 Å². The number of para-hydroxylation sites is 1. The van der Waals surface area contributed by atoms with Crippen molar-refractivity contribution in [2.45, 2.75) is 43.3 Å². The number of nitrogens with zero attached hydrogens (tertiary/aromatic N) is 5. The largest absolute Gasteiger partial charge is 0.481 e. The second-order valence-electron chi connectivity index (χ2n) is 10.3. The number of likely N-dealkylation sites (tertiary alicyclic amines) is 1. The lowest BCUT2D eigenvalue weighted by molar-refractivity contribution is -0.154. The summed E-state index contributed by atoms with van der Waals surface area (Å²) in [4.78, 5) is 43.8. The number of carboxylic acids is 1. The maximum absolute atomic E-state index is 14.5. The molecule has 3 saturated heterocycles. The van der Waals surface area contributed by atoms with E-state index in [9.17, 15) is 24.6 Å². The third-order valence-electron chi connectivity index (χ3n) is 8.34. The SMILES string of the molecule is C=CCN(Cn1nnc2ccccc21)C(=O)[C@@H]1N([C@H](CO)c2ccccc2)C(=O)[C@H]2[C@H](C(=O)O)[C@@H]3CC[C@]12O3. The van der Waals surface area contributed by atoms with Gasteiger partial charge in [-0.1, -0.05) is 53.8 Å². The molecule has 3 fully saturated rings. The molecule has 1 spiro atoms. The van der Waals surface area contributed by atoms with E-state index in [-0.39, 0.29) is 13.2 Å². The number of rotatable bonds is 9. The van der Waals surface area contributed by atoms with Gasteiger partial charge in [-0.15, -0.1) is 11.7 Å². The van der Waals surface area contributed by atoms with Gasteiger partial charge in [0.15, 0.2) is 0 Å². The number of carboxylic acid groups (broad SMARTS) is 1. The zero-order valence-electron chi connectivity index (χ0n) is 21.2. The molecule has 3 aliphatic rings. The predicted molar refractivity (Wildman–Crippen MR) is 138 cm³/mol. The maximum atomic E-state index is 14.5. The minimum Gasteiger partial charge on any atom is -0.481 e. The Morgan fingerprint density at radius 1 is 1.21 bits per heavy atom. The quantitative estimate of drug-likeness (QED) is 0.397. The molecule has 0 unspecified atom stereocenters. The molecule has 6 rings (SSSR count). The molecule has 39 heavy (non-hydrogen) atoms. The van der Waals surface area contributed by atoms with Crippen molar-refractivity contribution in [3.63, 3.8) is 0 Å². The van der Waals surface area contributed by atoms with Crippen LogP contribution in [0.5, 0.6) is 0 Å². The average molecular weight is 532 g/mol. The number of aliphatic hydroxyl groups excluding tert-OH is 1. The van der Waals surface area contributed by atoms with Gasteiger partial charge in [0.05, 0.1) is 36.1 Å². The molecule has 6 atom stereocenters. The Kier molecular flexibility index (Phi) is 6.19. The van der Waals surface area contributed by atoms with Gasteiger partial charge in [0, 0.05) is 6.54 Å². The first-order valence-electron chi connectivity index (χ1n) is 13.0. The lowest BCUT2D eigenvalue weighted by atomic mass is 9.70. The Labute approximate surface area is 224 Å².